The largest absolute Gasteiger partial charge is 0.346 e. The molecule has 0 heterocycles. The van der Waals surface area contributed by atoms with Gasteiger partial charge < -0.3 is 5.32 Å². The molecule has 3 aromatic carbocycles. The Bertz CT molecular complexity index is 1070. The molecule has 0 aliphatic rings. The molecule has 0 aliphatic carbocycles. The Labute approximate surface area is 163 Å². The molecule has 7 heteroatoms. The summed E-state index contributed by atoms with van der Waals surface area (Å²) in [5.41, 5.74) is 1.35. The summed E-state index contributed by atoms with van der Waals surface area (Å²) < 4.78 is 40.4. The number of hydrogen-bond acceptors (Lipinski definition) is 3. The fourth-order valence-electron chi connectivity index (χ4n) is 2.65. The summed E-state index contributed by atoms with van der Waals surface area (Å²) in [4.78, 5) is 12.7. The van der Waals surface area contributed by atoms with Gasteiger partial charge in [0.05, 0.1) is 10.9 Å². The molecular weight excluding hydrogens is 379 g/mol. The van der Waals surface area contributed by atoms with Crippen LogP contribution in [0.4, 0.5) is 10.1 Å². The Morgan fingerprint density at radius 1 is 0.929 bits per heavy atom. The van der Waals surface area contributed by atoms with E-state index in [2.05, 4.69) is 10.0 Å². The molecule has 0 unspecified atom stereocenters. The average molecular weight is 398 g/mol. The van der Waals surface area contributed by atoms with Crippen molar-refractivity contribution in [2.24, 2.45) is 0 Å². The summed E-state index contributed by atoms with van der Waals surface area (Å²) >= 11 is 0. The van der Waals surface area contributed by atoms with Gasteiger partial charge in [0.25, 0.3) is 15.9 Å². The van der Waals surface area contributed by atoms with E-state index < -0.39 is 10.0 Å². The molecule has 5 nitrogen and oxygen atoms in total. The Hall–Kier alpha value is -3.19. The molecule has 28 heavy (non-hydrogen) atoms. The van der Waals surface area contributed by atoms with E-state index in [1.165, 1.54) is 30.3 Å². The summed E-state index contributed by atoms with van der Waals surface area (Å²) in [7, 11) is -3.74. The average Bonchev–Trinajstić information content (AvgIpc) is 2.69. The lowest BCUT2D eigenvalue weighted by Gasteiger charge is -2.15. The molecule has 0 spiro atoms. The van der Waals surface area contributed by atoms with Crippen molar-refractivity contribution in [1.29, 1.82) is 0 Å². The Kier molecular flexibility index (Phi) is 5.75. The van der Waals surface area contributed by atoms with Gasteiger partial charge in [-0.25, -0.2) is 12.8 Å². The Balaban J connectivity index is 1.73. The van der Waals surface area contributed by atoms with Crippen LogP contribution in [0.25, 0.3) is 0 Å². The van der Waals surface area contributed by atoms with Crippen LogP contribution < -0.4 is 10.0 Å². The number of halogens is 1. The number of hydrogen-bond donors (Lipinski definition) is 2. The monoisotopic (exact) mass is 398 g/mol. The number of nitrogens with one attached hydrogen (secondary N) is 2. The fraction of sp³-hybridized carbons (Fsp3) is 0.0952. The first kappa shape index (κ1) is 19.6. The maximum absolute atomic E-state index is 13.0. The first-order chi connectivity index (χ1) is 13.3. The minimum atomic E-state index is -3.74. The lowest BCUT2D eigenvalue weighted by molar-refractivity contribution is 0.0940. The van der Waals surface area contributed by atoms with E-state index in [4.69, 9.17) is 0 Å². The second kappa shape index (κ2) is 8.22. The van der Waals surface area contributed by atoms with Crippen LogP contribution in [0.2, 0.25) is 0 Å². The van der Waals surface area contributed by atoms with Gasteiger partial charge in [0.1, 0.15) is 5.82 Å². The molecule has 0 radical (unpaired) electrons. The highest BCUT2D eigenvalue weighted by Crippen LogP contribution is 2.18. The van der Waals surface area contributed by atoms with E-state index in [9.17, 15) is 17.6 Å². The van der Waals surface area contributed by atoms with E-state index in [0.29, 0.717) is 5.56 Å². The molecule has 3 aromatic rings. The lowest BCUT2D eigenvalue weighted by atomic mass is 10.1. The SMILES string of the molecule is C[C@H](NC(=O)c1cccc(NS(=O)(=O)c2ccccc2)c1)c1ccc(F)cc1. The summed E-state index contributed by atoms with van der Waals surface area (Å²) in [6.07, 6.45) is 0. The molecule has 1 amide bonds. The van der Waals surface area contributed by atoms with Crippen LogP contribution in [0.5, 0.6) is 0 Å². The Morgan fingerprint density at radius 3 is 2.29 bits per heavy atom. The van der Waals surface area contributed by atoms with Crippen LogP contribution in [0.15, 0.2) is 83.8 Å². The Morgan fingerprint density at radius 2 is 1.61 bits per heavy atom. The van der Waals surface area contributed by atoms with Crippen LogP contribution in [0.3, 0.4) is 0 Å². The molecule has 1 atom stereocenters. The van der Waals surface area contributed by atoms with Crippen LogP contribution in [-0.4, -0.2) is 14.3 Å². The van der Waals surface area contributed by atoms with Crippen molar-refractivity contribution in [2.75, 3.05) is 4.72 Å². The topological polar surface area (TPSA) is 75.3 Å². The summed E-state index contributed by atoms with van der Waals surface area (Å²) in [6.45, 7) is 1.78. The molecule has 144 valence electrons. The highest BCUT2D eigenvalue weighted by Gasteiger charge is 2.16. The zero-order chi connectivity index (χ0) is 20.1. The van der Waals surface area contributed by atoms with E-state index in [-0.39, 0.29) is 28.3 Å². The predicted octanol–water partition coefficient (Wildman–Crippen LogP) is 4.12. The highest BCUT2D eigenvalue weighted by molar-refractivity contribution is 7.92. The predicted molar refractivity (Wildman–Crippen MR) is 106 cm³/mol. The van der Waals surface area contributed by atoms with Crippen molar-refractivity contribution in [3.63, 3.8) is 0 Å². The molecule has 0 aromatic heterocycles. The quantitative estimate of drug-likeness (QED) is 0.656. The van der Waals surface area contributed by atoms with Crippen molar-refractivity contribution in [1.82, 2.24) is 5.32 Å². The van der Waals surface area contributed by atoms with Gasteiger partial charge in [0.15, 0.2) is 0 Å². The zero-order valence-electron chi connectivity index (χ0n) is 15.1. The minimum Gasteiger partial charge on any atom is -0.346 e. The third-order valence-corrected chi connectivity index (χ3v) is 5.55. The number of anilines is 1. The van der Waals surface area contributed by atoms with Gasteiger partial charge in [-0.05, 0) is 55.0 Å². The second-order valence-electron chi connectivity index (χ2n) is 6.25. The van der Waals surface area contributed by atoms with Crippen molar-refractivity contribution >= 4 is 21.6 Å². The van der Waals surface area contributed by atoms with Crippen molar-refractivity contribution in [3.8, 4) is 0 Å². The zero-order valence-corrected chi connectivity index (χ0v) is 15.9. The van der Waals surface area contributed by atoms with Gasteiger partial charge in [-0.3, -0.25) is 9.52 Å². The van der Waals surface area contributed by atoms with Gasteiger partial charge in [-0.1, -0.05) is 36.4 Å². The normalized spacial score (nSPS) is 12.2. The number of carbonyl (C=O) groups excluding carboxylic acids is 1. The fourth-order valence-corrected chi connectivity index (χ4v) is 3.72. The van der Waals surface area contributed by atoms with Gasteiger partial charge in [-0.15, -0.1) is 0 Å². The lowest BCUT2D eigenvalue weighted by Crippen LogP contribution is -2.26. The number of sulfonamides is 1. The summed E-state index contributed by atoms with van der Waals surface area (Å²) in [6, 6.07) is 19.7. The number of rotatable bonds is 6. The van der Waals surface area contributed by atoms with Gasteiger partial charge >= 0.3 is 0 Å². The number of carbonyl (C=O) groups is 1. The first-order valence-electron chi connectivity index (χ1n) is 8.59. The third kappa shape index (κ3) is 4.75. The van der Waals surface area contributed by atoms with Crippen LogP contribution >= 0.6 is 0 Å². The number of benzene rings is 3. The molecule has 3 rings (SSSR count). The number of amides is 1. The van der Waals surface area contributed by atoms with Crippen LogP contribution in [0, 0.1) is 5.82 Å². The molecule has 0 fully saturated rings. The summed E-state index contributed by atoms with van der Waals surface area (Å²) in [5.74, 6) is -0.710. The molecule has 0 aliphatic heterocycles. The van der Waals surface area contributed by atoms with Crippen LogP contribution in [0.1, 0.15) is 28.9 Å². The second-order valence-corrected chi connectivity index (χ2v) is 7.93. The maximum Gasteiger partial charge on any atom is 0.261 e. The van der Waals surface area contributed by atoms with Crippen molar-refractivity contribution in [2.45, 2.75) is 17.9 Å². The summed E-state index contributed by atoms with van der Waals surface area (Å²) in [5, 5.41) is 2.82. The van der Waals surface area contributed by atoms with Crippen LogP contribution in [-0.2, 0) is 10.0 Å². The first-order valence-corrected chi connectivity index (χ1v) is 10.1. The van der Waals surface area contributed by atoms with Gasteiger partial charge in [0, 0.05) is 11.3 Å². The van der Waals surface area contributed by atoms with E-state index in [0.717, 1.165) is 5.56 Å². The van der Waals surface area contributed by atoms with Crippen molar-refractivity contribution in [3.05, 3.63) is 95.8 Å². The van der Waals surface area contributed by atoms with Gasteiger partial charge in [-0.2, -0.15) is 0 Å². The molecule has 0 saturated heterocycles. The van der Waals surface area contributed by atoms with E-state index in [1.54, 1.807) is 55.5 Å². The standard InChI is InChI=1S/C21H19FN2O3S/c1-15(16-10-12-18(22)13-11-16)23-21(25)17-6-5-7-19(14-17)24-28(26,27)20-8-3-2-4-9-20/h2-15,24H,1H3,(H,23,25)/t15-/m0/s1. The molecule has 0 bridgehead atoms. The molecule has 2 N–H and O–H groups in total. The molecule has 0 saturated carbocycles. The highest BCUT2D eigenvalue weighted by atomic mass is 32.2. The van der Waals surface area contributed by atoms with Crippen molar-refractivity contribution < 1.29 is 17.6 Å². The smallest absolute Gasteiger partial charge is 0.261 e. The third-order valence-electron chi connectivity index (χ3n) is 4.15. The minimum absolute atomic E-state index is 0.134. The van der Waals surface area contributed by atoms with E-state index in [1.807, 2.05) is 0 Å². The molecular formula is C21H19FN2O3S. The van der Waals surface area contributed by atoms with E-state index >= 15 is 0 Å². The maximum atomic E-state index is 13.0. The van der Waals surface area contributed by atoms with Gasteiger partial charge in [0.2, 0.25) is 0 Å².